The standard InChI is InChI=1S/C24H27N3O4/c1-3-16-6-9-19(10-7-16)27-15-17(13-23(27)29)24(30)25-18-8-11-20(21(14-18)31-2)26-12-4-5-22(26)28/h6-11,14,17H,3-5,12-13,15H2,1-2H3,(H,25,30)/t17-/m0/s1. The number of nitrogens with zero attached hydrogens (tertiary/aromatic N) is 2. The zero-order chi connectivity index (χ0) is 22.0. The molecule has 0 bridgehead atoms. The van der Waals surface area contributed by atoms with Gasteiger partial charge in [0.05, 0.1) is 18.7 Å². The largest absolute Gasteiger partial charge is 0.494 e. The second-order valence-corrected chi connectivity index (χ2v) is 7.95. The average molecular weight is 421 g/mol. The first kappa shape index (κ1) is 20.9. The Morgan fingerprint density at radius 1 is 1.10 bits per heavy atom. The Bertz CT molecular complexity index is 1000. The third-order valence-corrected chi connectivity index (χ3v) is 5.96. The summed E-state index contributed by atoms with van der Waals surface area (Å²) in [4.78, 5) is 40.8. The Morgan fingerprint density at radius 3 is 2.52 bits per heavy atom. The highest BCUT2D eigenvalue weighted by Gasteiger charge is 2.35. The molecule has 7 nitrogen and oxygen atoms in total. The number of benzene rings is 2. The lowest BCUT2D eigenvalue weighted by atomic mass is 10.1. The summed E-state index contributed by atoms with van der Waals surface area (Å²) in [6.07, 6.45) is 2.48. The van der Waals surface area contributed by atoms with Crippen LogP contribution in [0.5, 0.6) is 5.75 Å². The summed E-state index contributed by atoms with van der Waals surface area (Å²) in [6.45, 7) is 3.11. The average Bonchev–Trinajstić information content (AvgIpc) is 3.39. The van der Waals surface area contributed by atoms with Crippen molar-refractivity contribution >= 4 is 34.8 Å². The molecule has 7 heteroatoms. The molecule has 1 N–H and O–H groups in total. The van der Waals surface area contributed by atoms with Crippen LogP contribution in [0.2, 0.25) is 0 Å². The SMILES string of the molecule is CCc1ccc(N2C[C@@H](C(=O)Nc3ccc(N4CCCC4=O)c(OC)c3)CC2=O)cc1. The van der Waals surface area contributed by atoms with Crippen LogP contribution in [-0.4, -0.2) is 37.9 Å². The minimum Gasteiger partial charge on any atom is -0.494 e. The van der Waals surface area contributed by atoms with Crippen molar-refractivity contribution in [3.63, 3.8) is 0 Å². The highest BCUT2D eigenvalue weighted by molar-refractivity contribution is 6.04. The van der Waals surface area contributed by atoms with Crippen LogP contribution in [0.4, 0.5) is 17.1 Å². The van der Waals surface area contributed by atoms with Crippen molar-refractivity contribution in [2.75, 3.05) is 35.3 Å². The third-order valence-electron chi connectivity index (χ3n) is 5.96. The van der Waals surface area contributed by atoms with E-state index in [4.69, 9.17) is 4.74 Å². The van der Waals surface area contributed by atoms with Crippen molar-refractivity contribution in [2.45, 2.75) is 32.6 Å². The number of aryl methyl sites for hydroxylation is 1. The maximum absolute atomic E-state index is 12.8. The molecule has 162 valence electrons. The summed E-state index contributed by atoms with van der Waals surface area (Å²) in [6, 6.07) is 13.2. The highest BCUT2D eigenvalue weighted by atomic mass is 16.5. The smallest absolute Gasteiger partial charge is 0.229 e. The van der Waals surface area contributed by atoms with Gasteiger partial charge in [0, 0.05) is 43.4 Å². The summed E-state index contributed by atoms with van der Waals surface area (Å²) < 4.78 is 5.46. The molecule has 2 aliphatic rings. The van der Waals surface area contributed by atoms with Gasteiger partial charge in [-0.25, -0.2) is 0 Å². The number of ether oxygens (including phenoxy) is 1. The van der Waals surface area contributed by atoms with E-state index in [2.05, 4.69) is 12.2 Å². The number of carbonyl (C=O) groups excluding carboxylic acids is 3. The van der Waals surface area contributed by atoms with E-state index in [0.717, 1.165) is 18.5 Å². The number of amides is 3. The van der Waals surface area contributed by atoms with E-state index >= 15 is 0 Å². The molecule has 0 aromatic heterocycles. The van der Waals surface area contributed by atoms with E-state index in [1.54, 1.807) is 35.1 Å². The van der Waals surface area contributed by atoms with Crippen LogP contribution in [0.25, 0.3) is 0 Å². The molecule has 1 atom stereocenters. The maximum Gasteiger partial charge on any atom is 0.229 e. The number of methoxy groups -OCH3 is 1. The minimum atomic E-state index is -0.427. The predicted molar refractivity (Wildman–Crippen MR) is 119 cm³/mol. The van der Waals surface area contributed by atoms with Gasteiger partial charge in [-0.3, -0.25) is 14.4 Å². The highest BCUT2D eigenvalue weighted by Crippen LogP contribution is 2.34. The second kappa shape index (κ2) is 8.79. The lowest BCUT2D eigenvalue weighted by Crippen LogP contribution is -2.28. The molecule has 0 radical (unpaired) electrons. The summed E-state index contributed by atoms with van der Waals surface area (Å²) in [7, 11) is 1.54. The van der Waals surface area contributed by atoms with Gasteiger partial charge in [0.25, 0.3) is 0 Å². The van der Waals surface area contributed by atoms with Gasteiger partial charge in [-0.15, -0.1) is 0 Å². The second-order valence-electron chi connectivity index (χ2n) is 7.95. The van der Waals surface area contributed by atoms with Crippen molar-refractivity contribution in [1.29, 1.82) is 0 Å². The molecule has 0 unspecified atom stereocenters. The summed E-state index contributed by atoms with van der Waals surface area (Å²) in [5, 5.41) is 2.90. The zero-order valence-corrected chi connectivity index (χ0v) is 17.9. The molecule has 2 aromatic carbocycles. The summed E-state index contributed by atoms with van der Waals surface area (Å²) >= 11 is 0. The number of anilines is 3. The van der Waals surface area contributed by atoms with Gasteiger partial charge in [-0.1, -0.05) is 19.1 Å². The Morgan fingerprint density at radius 2 is 1.87 bits per heavy atom. The summed E-state index contributed by atoms with van der Waals surface area (Å²) in [5.41, 5.74) is 3.31. The molecular weight excluding hydrogens is 394 g/mol. The van der Waals surface area contributed by atoms with Crippen molar-refractivity contribution < 1.29 is 19.1 Å². The van der Waals surface area contributed by atoms with E-state index in [-0.39, 0.29) is 24.1 Å². The molecule has 2 fully saturated rings. The van der Waals surface area contributed by atoms with E-state index in [1.807, 2.05) is 24.3 Å². The Labute approximate surface area is 182 Å². The summed E-state index contributed by atoms with van der Waals surface area (Å²) in [5.74, 6) is -0.0676. The van der Waals surface area contributed by atoms with Crippen molar-refractivity contribution in [1.82, 2.24) is 0 Å². The van der Waals surface area contributed by atoms with E-state index in [1.165, 1.54) is 5.56 Å². The van der Waals surface area contributed by atoms with Gasteiger partial charge in [0.2, 0.25) is 17.7 Å². The first-order valence-electron chi connectivity index (χ1n) is 10.7. The molecule has 4 rings (SSSR count). The number of rotatable bonds is 6. The van der Waals surface area contributed by atoms with Crippen LogP contribution in [-0.2, 0) is 20.8 Å². The van der Waals surface area contributed by atoms with Gasteiger partial charge in [-0.2, -0.15) is 0 Å². The van der Waals surface area contributed by atoms with Crippen molar-refractivity contribution in [3.05, 3.63) is 48.0 Å². The van der Waals surface area contributed by atoms with Crippen LogP contribution < -0.4 is 19.9 Å². The molecule has 2 saturated heterocycles. The van der Waals surface area contributed by atoms with E-state index in [9.17, 15) is 14.4 Å². The number of hydrogen-bond acceptors (Lipinski definition) is 4. The molecule has 31 heavy (non-hydrogen) atoms. The van der Waals surface area contributed by atoms with Gasteiger partial charge < -0.3 is 19.9 Å². The fourth-order valence-corrected chi connectivity index (χ4v) is 4.17. The Balaban J connectivity index is 1.44. The van der Waals surface area contributed by atoms with E-state index < -0.39 is 5.92 Å². The Hall–Kier alpha value is -3.35. The zero-order valence-electron chi connectivity index (χ0n) is 17.9. The molecular formula is C24H27N3O4. The van der Waals surface area contributed by atoms with Gasteiger partial charge in [-0.05, 0) is 42.7 Å². The molecule has 0 aliphatic carbocycles. The first-order valence-corrected chi connectivity index (χ1v) is 10.7. The topological polar surface area (TPSA) is 79.0 Å². The van der Waals surface area contributed by atoms with Crippen molar-refractivity contribution in [2.24, 2.45) is 5.92 Å². The maximum atomic E-state index is 12.8. The molecule has 2 aromatic rings. The van der Waals surface area contributed by atoms with Gasteiger partial charge >= 0.3 is 0 Å². The molecule has 2 aliphatic heterocycles. The normalized spacial score (nSPS) is 18.6. The monoisotopic (exact) mass is 421 g/mol. The predicted octanol–water partition coefficient (Wildman–Crippen LogP) is 3.38. The molecule has 2 heterocycles. The first-order chi connectivity index (χ1) is 15.0. The van der Waals surface area contributed by atoms with Crippen LogP contribution in [0.1, 0.15) is 31.7 Å². The van der Waals surface area contributed by atoms with Crippen molar-refractivity contribution in [3.8, 4) is 5.75 Å². The van der Waals surface area contributed by atoms with Gasteiger partial charge in [0.15, 0.2) is 0 Å². The van der Waals surface area contributed by atoms with E-state index in [0.29, 0.717) is 36.6 Å². The third kappa shape index (κ3) is 4.26. The van der Waals surface area contributed by atoms with Crippen LogP contribution in [0, 0.1) is 5.92 Å². The fraction of sp³-hybridized carbons (Fsp3) is 0.375. The molecule has 0 saturated carbocycles. The lowest BCUT2D eigenvalue weighted by molar-refractivity contribution is -0.122. The van der Waals surface area contributed by atoms with Crippen LogP contribution >= 0.6 is 0 Å². The lowest BCUT2D eigenvalue weighted by Gasteiger charge is -2.20. The number of carbonyl (C=O) groups is 3. The van der Waals surface area contributed by atoms with Gasteiger partial charge in [0.1, 0.15) is 5.75 Å². The van der Waals surface area contributed by atoms with Crippen LogP contribution in [0.15, 0.2) is 42.5 Å². The minimum absolute atomic E-state index is 0.0510. The number of hydrogen-bond donors (Lipinski definition) is 1. The number of nitrogens with one attached hydrogen (secondary N) is 1. The van der Waals surface area contributed by atoms with Crippen LogP contribution in [0.3, 0.4) is 0 Å². The molecule has 3 amide bonds. The molecule has 0 spiro atoms. The Kier molecular flexibility index (Phi) is 5.93. The quantitative estimate of drug-likeness (QED) is 0.776. The fourth-order valence-electron chi connectivity index (χ4n) is 4.17.